The minimum absolute atomic E-state index is 0.131. The van der Waals surface area contributed by atoms with Gasteiger partial charge >= 0.3 is 0 Å². The molecule has 3 nitrogen and oxygen atoms in total. The van der Waals surface area contributed by atoms with E-state index in [2.05, 4.69) is 5.32 Å². The smallest absolute Gasteiger partial charge is 0.244 e. The number of nitrogens with zero attached hydrogens (tertiary/aromatic N) is 1. The van der Waals surface area contributed by atoms with Crippen molar-refractivity contribution >= 4 is 11.6 Å². The molecule has 3 rings (SSSR count). The Balaban J connectivity index is 1.65. The summed E-state index contributed by atoms with van der Waals surface area (Å²) in [6, 6.07) is 10.8. The normalized spacial score (nSPS) is 17.8. The molecular weight excluding hydrogens is 298 g/mol. The summed E-state index contributed by atoms with van der Waals surface area (Å²) in [4.78, 5) is 13.9. The molecule has 1 N–H and O–H groups in total. The van der Waals surface area contributed by atoms with E-state index in [9.17, 15) is 13.6 Å². The third kappa shape index (κ3) is 3.24. The Morgan fingerprint density at radius 3 is 2.70 bits per heavy atom. The number of carbonyl (C=O) groups excluding carboxylic acids is 1. The van der Waals surface area contributed by atoms with Crippen LogP contribution in [0.3, 0.4) is 0 Å². The molecular formula is C18H18F2N2O. The number of para-hydroxylation sites is 1. The van der Waals surface area contributed by atoms with Crippen LogP contribution >= 0.6 is 0 Å². The van der Waals surface area contributed by atoms with Gasteiger partial charge in [0.25, 0.3) is 0 Å². The SMILES string of the molecule is Cc1cc(CN[C@@H]2CCN(c3ccccc3F)C2=O)ccc1F. The summed E-state index contributed by atoms with van der Waals surface area (Å²) >= 11 is 0. The molecule has 0 aliphatic carbocycles. The van der Waals surface area contributed by atoms with E-state index in [-0.39, 0.29) is 17.8 Å². The number of amides is 1. The summed E-state index contributed by atoms with van der Waals surface area (Å²) in [5, 5.41) is 3.18. The molecule has 5 heteroatoms. The standard InChI is InChI=1S/C18H18F2N2O/c1-12-10-13(6-7-14(12)19)11-21-16-8-9-22(18(16)23)17-5-3-2-4-15(17)20/h2-7,10,16,21H,8-9,11H2,1H3/t16-/m1/s1. The van der Waals surface area contributed by atoms with E-state index >= 15 is 0 Å². The van der Waals surface area contributed by atoms with Crippen LogP contribution in [0.25, 0.3) is 0 Å². The summed E-state index contributed by atoms with van der Waals surface area (Å²) < 4.78 is 27.1. The average molecular weight is 316 g/mol. The van der Waals surface area contributed by atoms with Crippen LogP contribution in [-0.4, -0.2) is 18.5 Å². The predicted molar refractivity (Wildman–Crippen MR) is 85.1 cm³/mol. The quantitative estimate of drug-likeness (QED) is 0.940. The van der Waals surface area contributed by atoms with Crippen molar-refractivity contribution in [3.8, 4) is 0 Å². The van der Waals surface area contributed by atoms with E-state index in [0.717, 1.165) is 5.56 Å². The van der Waals surface area contributed by atoms with Gasteiger partial charge in [0.1, 0.15) is 11.6 Å². The Labute approximate surface area is 133 Å². The fourth-order valence-corrected chi connectivity index (χ4v) is 2.84. The van der Waals surface area contributed by atoms with Crippen LogP contribution in [0.2, 0.25) is 0 Å². The molecule has 0 aromatic heterocycles. The van der Waals surface area contributed by atoms with E-state index in [1.54, 1.807) is 37.3 Å². The first-order valence-corrected chi connectivity index (χ1v) is 7.60. The van der Waals surface area contributed by atoms with E-state index in [1.165, 1.54) is 17.0 Å². The van der Waals surface area contributed by atoms with Gasteiger partial charge in [0.15, 0.2) is 0 Å². The topological polar surface area (TPSA) is 32.3 Å². The van der Waals surface area contributed by atoms with Gasteiger partial charge in [-0.2, -0.15) is 0 Å². The van der Waals surface area contributed by atoms with E-state index in [1.807, 2.05) is 0 Å². The van der Waals surface area contributed by atoms with E-state index < -0.39 is 5.82 Å². The first-order chi connectivity index (χ1) is 11.1. The van der Waals surface area contributed by atoms with Crippen LogP contribution in [0.15, 0.2) is 42.5 Å². The second-order valence-electron chi connectivity index (χ2n) is 5.75. The van der Waals surface area contributed by atoms with Crippen molar-refractivity contribution < 1.29 is 13.6 Å². The van der Waals surface area contributed by atoms with Crippen LogP contribution in [0.1, 0.15) is 17.5 Å². The van der Waals surface area contributed by atoms with Gasteiger partial charge in [-0.25, -0.2) is 8.78 Å². The number of carbonyl (C=O) groups is 1. The fourth-order valence-electron chi connectivity index (χ4n) is 2.84. The molecule has 1 amide bonds. The largest absolute Gasteiger partial charge is 0.308 e. The number of anilines is 1. The van der Waals surface area contributed by atoms with Crippen molar-refractivity contribution in [2.45, 2.75) is 25.9 Å². The lowest BCUT2D eigenvalue weighted by Crippen LogP contribution is -2.38. The van der Waals surface area contributed by atoms with Crippen LogP contribution in [0, 0.1) is 18.6 Å². The highest BCUT2D eigenvalue weighted by atomic mass is 19.1. The molecule has 0 spiro atoms. The van der Waals surface area contributed by atoms with Gasteiger partial charge in [0.05, 0.1) is 11.7 Å². The summed E-state index contributed by atoms with van der Waals surface area (Å²) in [5.41, 5.74) is 1.82. The maximum Gasteiger partial charge on any atom is 0.244 e. The monoisotopic (exact) mass is 316 g/mol. The van der Waals surface area contributed by atoms with Crippen LogP contribution < -0.4 is 10.2 Å². The molecule has 0 bridgehead atoms. The third-order valence-electron chi connectivity index (χ3n) is 4.12. The Hall–Kier alpha value is -2.27. The molecule has 1 fully saturated rings. The van der Waals surface area contributed by atoms with Crippen molar-refractivity contribution in [2.75, 3.05) is 11.4 Å². The van der Waals surface area contributed by atoms with E-state index in [0.29, 0.717) is 30.8 Å². The lowest BCUT2D eigenvalue weighted by molar-refractivity contribution is -0.118. The van der Waals surface area contributed by atoms with E-state index in [4.69, 9.17) is 0 Å². The van der Waals surface area contributed by atoms with Crippen molar-refractivity contribution in [2.24, 2.45) is 0 Å². The minimum Gasteiger partial charge on any atom is -0.308 e. The Bertz CT molecular complexity index is 733. The molecule has 120 valence electrons. The maximum atomic E-state index is 13.8. The lowest BCUT2D eigenvalue weighted by Gasteiger charge is -2.18. The van der Waals surface area contributed by atoms with Crippen molar-refractivity contribution in [1.82, 2.24) is 5.32 Å². The second-order valence-corrected chi connectivity index (χ2v) is 5.75. The Morgan fingerprint density at radius 1 is 1.17 bits per heavy atom. The number of aryl methyl sites for hydroxylation is 1. The average Bonchev–Trinajstić information content (AvgIpc) is 2.90. The zero-order valence-electron chi connectivity index (χ0n) is 12.9. The molecule has 2 aromatic carbocycles. The zero-order valence-corrected chi connectivity index (χ0v) is 12.9. The fraction of sp³-hybridized carbons (Fsp3) is 0.278. The minimum atomic E-state index is -0.393. The number of halogens is 2. The van der Waals surface area contributed by atoms with Gasteiger partial charge in [-0.1, -0.05) is 24.3 Å². The van der Waals surface area contributed by atoms with Crippen molar-refractivity contribution in [3.63, 3.8) is 0 Å². The summed E-state index contributed by atoms with van der Waals surface area (Å²) in [6.07, 6.45) is 0.618. The van der Waals surface area contributed by atoms with Gasteiger partial charge < -0.3 is 10.2 Å². The first kappa shape index (κ1) is 15.6. The summed E-state index contributed by atoms with van der Waals surface area (Å²) in [5.74, 6) is -0.763. The molecule has 0 unspecified atom stereocenters. The van der Waals surface area contributed by atoms with Crippen LogP contribution in [-0.2, 0) is 11.3 Å². The molecule has 1 aliphatic rings. The summed E-state index contributed by atoms with van der Waals surface area (Å²) in [7, 11) is 0. The van der Waals surface area contributed by atoms with Crippen LogP contribution in [0.4, 0.5) is 14.5 Å². The second kappa shape index (κ2) is 6.46. The number of nitrogens with one attached hydrogen (secondary N) is 1. The highest BCUT2D eigenvalue weighted by Crippen LogP contribution is 2.24. The van der Waals surface area contributed by atoms with Crippen LogP contribution in [0.5, 0.6) is 0 Å². The number of benzene rings is 2. The Morgan fingerprint density at radius 2 is 1.96 bits per heavy atom. The highest BCUT2D eigenvalue weighted by molar-refractivity contribution is 5.99. The molecule has 1 aliphatic heterocycles. The van der Waals surface area contributed by atoms with Crippen molar-refractivity contribution in [1.29, 1.82) is 0 Å². The first-order valence-electron chi connectivity index (χ1n) is 7.60. The highest BCUT2D eigenvalue weighted by Gasteiger charge is 2.33. The van der Waals surface area contributed by atoms with Crippen molar-refractivity contribution in [3.05, 3.63) is 65.2 Å². The predicted octanol–water partition coefficient (Wildman–Crippen LogP) is 3.17. The van der Waals surface area contributed by atoms with Gasteiger partial charge in [0, 0.05) is 13.1 Å². The molecule has 1 saturated heterocycles. The Kier molecular flexibility index (Phi) is 4.39. The number of rotatable bonds is 4. The molecule has 1 heterocycles. The summed E-state index contributed by atoms with van der Waals surface area (Å²) in [6.45, 7) is 2.67. The molecule has 1 atom stereocenters. The number of hydrogen-bond donors (Lipinski definition) is 1. The van der Waals surface area contributed by atoms with Gasteiger partial charge in [0.2, 0.25) is 5.91 Å². The molecule has 2 aromatic rings. The molecule has 0 radical (unpaired) electrons. The molecule has 23 heavy (non-hydrogen) atoms. The zero-order chi connectivity index (χ0) is 16.4. The number of hydrogen-bond acceptors (Lipinski definition) is 2. The van der Waals surface area contributed by atoms with Gasteiger partial charge in [-0.15, -0.1) is 0 Å². The molecule has 0 saturated carbocycles. The van der Waals surface area contributed by atoms with Gasteiger partial charge in [-0.3, -0.25) is 4.79 Å². The third-order valence-corrected chi connectivity index (χ3v) is 4.12. The maximum absolute atomic E-state index is 13.8. The van der Waals surface area contributed by atoms with Gasteiger partial charge in [-0.05, 0) is 42.7 Å². The lowest BCUT2D eigenvalue weighted by atomic mass is 10.1.